The van der Waals surface area contributed by atoms with E-state index in [2.05, 4.69) is 20.4 Å². The minimum atomic E-state index is -2.74. The van der Waals surface area contributed by atoms with Crippen molar-refractivity contribution >= 4 is 22.7 Å². The van der Waals surface area contributed by atoms with Gasteiger partial charge in [0.15, 0.2) is 0 Å². The quantitative estimate of drug-likeness (QED) is 0.606. The van der Waals surface area contributed by atoms with E-state index in [0.717, 1.165) is 0 Å². The zero-order chi connectivity index (χ0) is 23.8. The third kappa shape index (κ3) is 4.68. The molecule has 0 radical (unpaired) electrons. The van der Waals surface area contributed by atoms with Crippen LogP contribution in [0.5, 0.6) is 0 Å². The van der Waals surface area contributed by atoms with E-state index >= 15 is 0 Å². The predicted molar refractivity (Wildman–Crippen MR) is 115 cm³/mol. The summed E-state index contributed by atoms with van der Waals surface area (Å²) in [5.41, 5.74) is -1.12. The van der Waals surface area contributed by atoms with Gasteiger partial charge in [0.25, 0.3) is 24.2 Å². The van der Waals surface area contributed by atoms with E-state index in [4.69, 9.17) is 0 Å². The number of aliphatic hydroxyl groups is 1. The summed E-state index contributed by atoms with van der Waals surface area (Å²) in [6.07, 6.45) is 1.02. The molecule has 0 spiro atoms. The van der Waals surface area contributed by atoms with E-state index in [1.165, 1.54) is 30.9 Å². The zero-order valence-corrected chi connectivity index (χ0v) is 18.2. The van der Waals surface area contributed by atoms with Crippen LogP contribution in [0.2, 0.25) is 0 Å². The number of fused-ring (bicyclic) bond motifs is 1. The Bertz CT molecular complexity index is 1170. The predicted octanol–water partition coefficient (Wildman–Crippen LogP) is 2.24. The summed E-state index contributed by atoms with van der Waals surface area (Å²) in [6, 6.07) is 6.43. The van der Waals surface area contributed by atoms with Gasteiger partial charge in [-0.2, -0.15) is 9.78 Å². The van der Waals surface area contributed by atoms with E-state index in [1.54, 1.807) is 29.2 Å². The number of aromatic nitrogens is 4. The number of halogens is 2. The minimum Gasteiger partial charge on any atom is -0.381 e. The first-order valence-corrected chi connectivity index (χ1v) is 10.6. The first-order valence-electron chi connectivity index (χ1n) is 10.6. The van der Waals surface area contributed by atoms with Crippen molar-refractivity contribution in [2.75, 3.05) is 13.1 Å². The molecule has 1 aliphatic rings. The summed E-state index contributed by atoms with van der Waals surface area (Å²) in [5.74, 6) is -0.627. The molecule has 3 heterocycles. The molecule has 1 saturated heterocycles. The maximum absolute atomic E-state index is 13.3. The van der Waals surface area contributed by atoms with E-state index in [9.17, 15) is 23.5 Å². The minimum absolute atomic E-state index is 0.0769. The smallest absolute Gasteiger partial charge is 0.282 e. The maximum Gasteiger partial charge on any atom is 0.282 e. The highest BCUT2D eigenvalue weighted by atomic mass is 19.3. The molecule has 4 rings (SSSR count). The molecule has 1 fully saturated rings. The van der Waals surface area contributed by atoms with Crippen LogP contribution in [0, 0.1) is 0 Å². The van der Waals surface area contributed by atoms with Gasteiger partial charge in [-0.05, 0) is 32.8 Å². The van der Waals surface area contributed by atoms with Gasteiger partial charge < -0.3 is 15.3 Å². The number of amides is 2. The molecule has 0 atom stereocenters. The molecule has 2 amide bonds. The lowest BCUT2D eigenvalue weighted by molar-refractivity contribution is -0.148. The maximum atomic E-state index is 13.3. The fourth-order valence-electron chi connectivity index (χ4n) is 3.83. The van der Waals surface area contributed by atoms with Gasteiger partial charge in [-0.25, -0.2) is 18.7 Å². The van der Waals surface area contributed by atoms with Crippen molar-refractivity contribution in [3.8, 4) is 5.95 Å². The average Bonchev–Trinajstić information content (AvgIpc) is 3.19. The Kier molecular flexibility index (Phi) is 6.07. The topological polar surface area (TPSA) is 113 Å². The van der Waals surface area contributed by atoms with Crippen LogP contribution < -0.4 is 5.32 Å². The van der Waals surface area contributed by atoms with Crippen molar-refractivity contribution in [3.63, 3.8) is 0 Å². The van der Waals surface area contributed by atoms with Crippen molar-refractivity contribution in [3.05, 3.63) is 47.9 Å². The van der Waals surface area contributed by atoms with Crippen LogP contribution in [0.3, 0.4) is 0 Å². The highest BCUT2D eigenvalue weighted by molar-refractivity contribution is 5.94. The monoisotopic (exact) mass is 458 g/mol. The second-order valence-corrected chi connectivity index (χ2v) is 8.49. The fourth-order valence-corrected chi connectivity index (χ4v) is 3.83. The molecule has 2 N–H and O–H groups in total. The van der Waals surface area contributed by atoms with Crippen molar-refractivity contribution in [2.45, 2.75) is 44.8 Å². The first-order chi connectivity index (χ1) is 15.6. The van der Waals surface area contributed by atoms with Gasteiger partial charge in [0.2, 0.25) is 0 Å². The molecular weight excluding hydrogens is 434 g/mol. The van der Waals surface area contributed by atoms with Crippen LogP contribution >= 0.6 is 0 Å². The third-order valence-electron chi connectivity index (χ3n) is 5.55. The van der Waals surface area contributed by atoms with Crippen LogP contribution in [0.15, 0.2) is 36.7 Å². The molecule has 33 heavy (non-hydrogen) atoms. The van der Waals surface area contributed by atoms with E-state index in [-0.39, 0.29) is 35.1 Å². The van der Waals surface area contributed by atoms with Crippen molar-refractivity contribution in [1.82, 2.24) is 30.0 Å². The van der Waals surface area contributed by atoms with Crippen LogP contribution in [-0.2, 0) is 4.79 Å². The van der Waals surface area contributed by atoms with Gasteiger partial charge in [-0.15, -0.1) is 0 Å². The largest absolute Gasteiger partial charge is 0.381 e. The van der Waals surface area contributed by atoms with Gasteiger partial charge in [0.1, 0.15) is 11.3 Å². The van der Waals surface area contributed by atoms with Crippen molar-refractivity contribution in [2.24, 2.45) is 0 Å². The number of carbonyl (C=O) groups is 2. The average molecular weight is 458 g/mol. The van der Waals surface area contributed by atoms with Crippen molar-refractivity contribution in [1.29, 1.82) is 0 Å². The van der Waals surface area contributed by atoms with E-state index in [1.807, 2.05) is 0 Å². The highest BCUT2D eigenvalue weighted by Gasteiger charge is 2.32. The Labute approximate surface area is 188 Å². The molecule has 174 valence electrons. The number of carbonyl (C=O) groups excluding carboxylic acids is 2. The molecule has 0 aliphatic carbocycles. The molecule has 2 aromatic heterocycles. The standard InChI is InChI=1S/C22H24F2N6O3/c1-22(2,33)20(32)29-9-7-14(8-10-29)27-19(31)13-11-25-21(26-12-13)30-16-6-4-3-5-15(16)17(28-30)18(23)24/h3-6,11-12,14,18,33H,7-10H2,1-2H3,(H,27,31). The number of likely N-dealkylation sites (tertiary alicyclic amines) is 1. The van der Waals surface area contributed by atoms with Crippen LogP contribution in [0.25, 0.3) is 16.9 Å². The molecule has 3 aromatic rings. The Hall–Kier alpha value is -3.47. The number of hydrogen-bond donors (Lipinski definition) is 2. The first kappa shape index (κ1) is 22.7. The molecular formula is C22H24F2N6O3. The molecule has 1 aliphatic heterocycles. The molecule has 0 unspecified atom stereocenters. The molecule has 0 bridgehead atoms. The van der Waals surface area contributed by atoms with Crippen LogP contribution in [-0.4, -0.2) is 66.3 Å². The number of piperidine rings is 1. The molecule has 9 nitrogen and oxygen atoms in total. The number of nitrogens with one attached hydrogen (secondary N) is 1. The van der Waals surface area contributed by atoms with E-state index < -0.39 is 12.0 Å². The summed E-state index contributed by atoms with van der Waals surface area (Å²) in [5, 5.41) is 17.0. The van der Waals surface area contributed by atoms with Crippen LogP contribution in [0.4, 0.5) is 8.78 Å². The zero-order valence-electron chi connectivity index (χ0n) is 18.2. The highest BCUT2D eigenvalue weighted by Crippen LogP contribution is 2.28. The lowest BCUT2D eigenvalue weighted by Gasteiger charge is -2.35. The normalized spacial score (nSPS) is 15.3. The number of rotatable bonds is 5. The Morgan fingerprint density at radius 3 is 2.39 bits per heavy atom. The Balaban J connectivity index is 1.43. The van der Waals surface area contributed by atoms with Crippen LogP contribution in [0.1, 0.15) is 49.2 Å². The summed E-state index contributed by atoms with van der Waals surface area (Å²) in [7, 11) is 0. The number of alkyl halides is 2. The summed E-state index contributed by atoms with van der Waals surface area (Å²) >= 11 is 0. The summed E-state index contributed by atoms with van der Waals surface area (Å²) in [4.78, 5) is 34.7. The Morgan fingerprint density at radius 2 is 1.79 bits per heavy atom. The van der Waals surface area contributed by atoms with Gasteiger partial charge in [-0.3, -0.25) is 9.59 Å². The molecule has 0 saturated carbocycles. The Morgan fingerprint density at radius 1 is 1.15 bits per heavy atom. The SMILES string of the molecule is CC(C)(O)C(=O)N1CCC(NC(=O)c2cnc(-n3nc(C(F)F)c4ccccc43)nc2)CC1. The number of nitrogens with zero attached hydrogens (tertiary/aromatic N) is 5. The third-order valence-corrected chi connectivity index (χ3v) is 5.55. The van der Waals surface area contributed by atoms with Gasteiger partial charge in [0.05, 0.1) is 11.1 Å². The second-order valence-electron chi connectivity index (χ2n) is 8.49. The van der Waals surface area contributed by atoms with Gasteiger partial charge in [-0.1, -0.05) is 18.2 Å². The second kappa shape index (κ2) is 8.81. The number of hydrogen-bond acceptors (Lipinski definition) is 6. The lowest BCUT2D eigenvalue weighted by Crippen LogP contribution is -2.51. The molecule has 11 heteroatoms. The van der Waals surface area contributed by atoms with Gasteiger partial charge >= 0.3 is 0 Å². The summed E-state index contributed by atoms with van der Waals surface area (Å²) in [6.45, 7) is 3.77. The molecule has 1 aromatic carbocycles. The lowest BCUT2D eigenvalue weighted by atomic mass is 10.0. The summed E-state index contributed by atoms with van der Waals surface area (Å²) < 4.78 is 27.9. The van der Waals surface area contributed by atoms with Gasteiger partial charge in [0, 0.05) is 36.9 Å². The fraction of sp³-hybridized carbons (Fsp3) is 0.409. The van der Waals surface area contributed by atoms with Crippen molar-refractivity contribution < 1.29 is 23.5 Å². The number of para-hydroxylation sites is 1. The van der Waals surface area contributed by atoms with E-state index in [0.29, 0.717) is 36.8 Å². The number of benzene rings is 1.